The van der Waals surface area contributed by atoms with E-state index in [9.17, 15) is 9.18 Å². The fourth-order valence-electron chi connectivity index (χ4n) is 2.17. The predicted molar refractivity (Wildman–Crippen MR) is 76.9 cm³/mol. The molecule has 106 valence electrons. The number of hydrogen-bond acceptors (Lipinski definition) is 3. The van der Waals surface area contributed by atoms with Crippen molar-refractivity contribution in [3.8, 4) is 11.4 Å². The van der Waals surface area contributed by atoms with Crippen LogP contribution >= 0.6 is 11.6 Å². The van der Waals surface area contributed by atoms with Crippen molar-refractivity contribution in [2.45, 2.75) is 0 Å². The van der Waals surface area contributed by atoms with Crippen molar-refractivity contribution in [2.24, 2.45) is 0 Å². The minimum absolute atomic E-state index is 0.190. The number of aromatic nitrogens is 2. The number of ether oxygens (including phenoxy) is 1. The van der Waals surface area contributed by atoms with Crippen LogP contribution in [0, 0.1) is 5.82 Å². The second kappa shape index (κ2) is 5.18. The van der Waals surface area contributed by atoms with Crippen molar-refractivity contribution >= 4 is 23.1 Å². The lowest BCUT2D eigenvalue weighted by atomic mass is 10.2. The molecule has 1 aromatic carbocycles. The van der Waals surface area contributed by atoms with E-state index in [1.807, 2.05) is 0 Å². The van der Waals surface area contributed by atoms with Gasteiger partial charge in [0, 0.05) is 11.8 Å². The zero-order valence-corrected chi connectivity index (χ0v) is 11.8. The number of pyridine rings is 1. The first-order valence-corrected chi connectivity index (χ1v) is 6.50. The van der Waals surface area contributed by atoms with E-state index < -0.39 is 5.97 Å². The third-order valence-corrected chi connectivity index (χ3v) is 3.39. The molecular formula is C15H10ClFN2O2. The van der Waals surface area contributed by atoms with Gasteiger partial charge in [0.2, 0.25) is 0 Å². The Morgan fingerprint density at radius 3 is 2.67 bits per heavy atom. The molecule has 0 amide bonds. The van der Waals surface area contributed by atoms with Gasteiger partial charge in [-0.15, -0.1) is 0 Å². The maximum atomic E-state index is 13.0. The van der Waals surface area contributed by atoms with Crippen LogP contribution in [0.3, 0.4) is 0 Å². The van der Waals surface area contributed by atoms with Gasteiger partial charge >= 0.3 is 5.97 Å². The quantitative estimate of drug-likeness (QED) is 0.680. The molecule has 0 saturated heterocycles. The Kier molecular flexibility index (Phi) is 3.35. The highest BCUT2D eigenvalue weighted by atomic mass is 35.5. The van der Waals surface area contributed by atoms with Gasteiger partial charge in [-0.2, -0.15) is 0 Å². The van der Waals surface area contributed by atoms with Crippen LogP contribution in [0.25, 0.3) is 16.9 Å². The van der Waals surface area contributed by atoms with Crippen LogP contribution in [0.5, 0.6) is 0 Å². The number of nitrogens with zero attached hydrogens (tertiary/aromatic N) is 2. The summed E-state index contributed by atoms with van der Waals surface area (Å²) < 4.78 is 19.4. The van der Waals surface area contributed by atoms with Gasteiger partial charge in [-0.3, -0.25) is 4.40 Å². The number of fused-ring (bicyclic) bond motifs is 1. The van der Waals surface area contributed by atoms with Crippen LogP contribution in [-0.2, 0) is 4.74 Å². The summed E-state index contributed by atoms with van der Waals surface area (Å²) in [4.78, 5) is 16.1. The lowest BCUT2D eigenvalue weighted by molar-refractivity contribution is 0.0602. The number of methoxy groups -OCH3 is 1. The summed E-state index contributed by atoms with van der Waals surface area (Å²) in [6, 6.07) is 9.20. The summed E-state index contributed by atoms with van der Waals surface area (Å²) in [5.41, 5.74) is 1.48. The molecule has 2 aromatic heterocycles. The molecule has 0 aliphatic carbocycles. The number of hydrogen-bond donors (Lipinski definition) is 0. The van der Waals surface area contributed by atoms with Gasteiger partial charge < -0.3 is 4.74 Å². The summed E-state index contributed by atoms with van der Waals surface area (Å²) in [6.45, 7) is 0. The molecule has 0 atom stereocenters. The van der Waals surface area contributed by atoms with Crippen molar-refractivity contribution in [2.75, 3.05) is 7.11 Å². The van der Waals surface area contributed by atoms with Crippen molar-refractivity contribution < 1.29 is 13.9 Å². The number of halogens is 2. The summed E-state index contributed by atoms with van der Waals surface area (Å²) in [7, 11) is 1.30. The Balaban J connectivity index is 2.27. The van der Waals surface area contributed by atoms with Gasteiger partial charge in [-0.1, -0.05) is 11.6 Å². The monoisotopic (exact) mass is 304 g/mol. The first-order valence-electron chi connectivity index (χ1n) is 6.12. The Labute approximate surface area is 124 Å². The van der Waals surface area contributed by atoms with Crippen LogP contribution in [-0.4, -0.2) is 22.5 Å². The summed E-state index contributed by atoms with van der Waals surface area (Å²) in [5, 5.41) is 0.190. The Morgan fingerprint density at radius 2 is 2.00 bits per heavy atom. The molecule has 0 spiro atoms. The molecule has 4 nitrogen and oxygen atoms in total. The first-order chi connectivity index (χ1) is 10.1. The maximum absolute atomic E-state index is 13.0. The van der Waals surface area contributed by atoms with Crippen LogP contribution in [0.1, 0.15) is 10.4 Å². The Bertz CT molecular complexity index is 828. The SMILES string of the molecule is COC(=O)c1cccn2c(-c3ccc(F)cc3)nc(Cl)c12. The molecule has 3 rings (SSSR count). The van der Waals surface area contributed by atoms with Crippen molar-refractivity contribution in [1.29, 1.82) is 0 Å². The van der Waals surface area contributed by atoms with Gasteiger partial charge in [0.25, 0.3) is 0 Å². The van der Waals surface area contributed by atoms with Crippen molar-refractivity contribution in [3.63, 3.8) is 0 Å². The molecule has 0 saturated carbocycles. The number of carbonyl (C=O) groups is 1. The highest BCUT2D eigenvalue weighted by Crippen LogP contribution is 2.28. The number of carbonyl (C=O) groups excluding carboxylic acids is 1. The molecule has 0 bridgehead atoms. The molecule has 0 unspecified atom stereocenters. The zero-order valence-electron chi connectivity index (χ0n) is 11.0. The topological polar surface area (TPSA) is 43.6 Å². The maximum Gasteiger partial charge on any atom is 0.340 e. The highest BCUT2D eigenvalue weighted by molar-refractivity contribution is 6.33. The van der Waals surface area contributed by atoms with Gasteiger partial charge in [0.05, 0.1) is 18.2 Å². The van der Waals surface area contributed by atoms with E-state index in [2.05, 4.69) is 4.98 Å². The largest absolute Gasteiger partial charge is 0.465 e. The van der Waals surface area contributed by atoms with Crippen LogP contribution in [0.15, 0.2) is 42.6 Å². The minimum atomic E-state index is -0.493. The first kappa shape index (κ1) is 13.6. The number of rotatable bonds is 2. The molecule has 21 heavy (non-hydrogen) atoms. The molecule has 3 aromatic rings. The minimum Gasteiger partial charge on any atom is -0.465 e. The van der Waals surface area contributed by atoms with E-state index in [0.29, 0.717) is 22.5 Å². The lowest BCUT2D eigenvalue weighted by Gasteiger charge is -2.04. The van der Waals surface area contributed by atoms with E-state index in [-0.39, 0.29) is 11.0 Å². The van der Waals surface area contributed by atoms with E-state index >= 15 is 0 Å². The summed E-state index contributed by atoms with van der Waals surface area (Å²) in [5.74, 6) is -0.297. The normalized spacial score (nSPS) is 10.8. The van der Waals surface area contributed by atoms with Gasteiger partial charge in [-0.05, 0) is 36.4 Å². The van der Waals surface area contributed by atoms with E-state index in [4.69, 9.17) is 16.3 Å². The zero-order chi connectivity index (χ0) is 15.0. The van der Waals surface area contributed by atoms with Gasteiger partial charge in [-0.25, -0.2) is 14.2 Å². The molecule has 0 N–H and O–H groups in total. The number of esters is 1. The van der Waals surface area contributed by atoms with Crippen LogP contribution in [0.4, 0.5) is 4.39 Å². The smallest absolute Gasteiger partial charge is 0.340 e. The van der Waals surface area contributed by atoms with E-state index in [1.165, 1.54) is 19.2 Å². The predicted octanol–water partition coefficient (Wildman–Crippen LogP) is 3.58. The number of imidazole rings is 1. The fourth-order valence-corrected chi connectivity index (χ4v) is 2.45. The third-order valence-electron chi connectivity index (χ3n) is 3.13. The van der Waals surface area contributed by atoms with Crippen molar-refractivity contribution in [3.05, 3.63) is 59.1 Å². The van der Waals surface area contributed by atoms with Gasteiger partial charge in [0.15, 0.2) is 5.15 Å². The third kappa shape index (κ3) is 2.25. The summed E-state index contributed by atoms with van der Waals surface area (Å²) in [6.07, 6.45) is 1.74. The average molecular weight is 305 g/mol. The fraction of sp³-hybridized carbons (Fsp3) is 0.0667. The van der Waals surface area contributed by atoms with Crippen LogP contribution < -0.4 is 0 Å². The van der Waals surface area contributed by atoms with Crippen LogP contribution in [0.2, 0.25) is 5.15 Å². The second-order valence-corrected chi connectivity index (χ2v) is 4.72. The molecule has 0 aliphatic rings. The molecular weight excluding hydrogens is 295 g/mol. The second-order valence-electron chi connectivity index (χ2n) is 4.37. The Hall–Kier alpha value is -2.40. The average Bonchev–Trinajstić information content (AvgIpc) is 2.85. The Morgan fingerprint density at radius 1 is 1.29 bits per heavy atom. The van der Waals surface area contributed by atoms with Gasteiger partial charge in [0.1, 0.15) is 11.6 Å². The highest BCUT2D eigenvalue weighted by Gasteiger charge is 2.18. The molecule has 6 heteroatoms. The molecule has 0 fully saturated rings. The molecule has 2 heterocycles. The molecule has 0 radical (unpaired) electrons. The number of benzene rings is 1. The molecule has 0 aliphatic heterocycles. The summed E-state index contributed by atoms with van der Waals surface area (Å²) >= 11 is 6.15. The van der Waals surface area contributed by atoms with E-state index in [0.717, 1.165) is 0 Å². The van der Waals surface area contributed by atoms with E-state index in [1.54, 1.807) is 34.9 Å². The van der Waals surface area contributed by atoms with Crippen molar-refractivity contribution in [1.82, 2.24) is 9.38 Å². The lowest BCUT2D eigenvalue weighted by Crippen LogP contribution is -2.03. The standard InChI is InChI=1S/C15H10ClFN2O2/c1-21-15(20)11-3-2-8-19-12(11)13(16)18-14(19)9-4-6-10(17)7-5-9/h2-8H,1H3.